The van der Waals surface area contributed by atoms with E-state index < -0.39 is 14.9 Å². The topological polar surface area (TPSA) is 9.23 Å². The van der Waals surface area contributed by atoms with Gasteiger partial charge in [-0.25, -0.2) is 0 Å². The Labute approximate surface area is 192 Å². The zero-order valence-electron chi connectivity index (χ0n) is 18.7. The summed E-state index contributed by atoms with van der Waals surface area (Å²) in [5.41, 5.74) is 5.43. The summed E-state index contributed by atoms with van der Waals surface area (Å²) in [6.07, 6.45) is 5.74. The number of rotatable bonds is 4. The molecule has 0 radical (unpaired) electrons. The Morgan fingerprint density at radius 3 is 2.14 bits per heavy atom. The molecule has 0 amide bonds. The SMILES string of the molecule is Cc1cc([O][Ti]([CH3])([CH3])([SiH3])[C]2=C(C(C)(C)C)C=CC2)cc(-c2ccccc2)c1.Cl.Cl. The maximum Gasteiger partial charge on any atom is -0.147 e. The molecule has 0 saturated carbocycles. The summed E-state index contributed by atoms with van der Waals surface area (Å²) < 4.78 is 8.62. The molecule has 2 aromatic rings. The van der Waals surface area contributed by atoms with E-state index in [1.807, 2.05) is 0 Å². The molecule has 0 bridgehead atoms. The van der Waals surface area contributed by atoms with Gasteiger partial charge in [0.1, 0.15) is 0 Å². The van der Waals surface area contributed by atoms with Crippen molar-refractivity contribution in [2.75, 3.05) is 0 Å². The quantitative estimate of drug-likeness (QED) is 0.418. The second kappa shape index (κ2) is 9.16. The molecule has 0 aromatic heterocycles. The average molecular weight is 486 g/mol. The molecule has 3 rings (SSSR count). The van der Waals surface area contributed by atoms with E-state index in [0.29, 0.717) is 0 Å². The van der Waals surface area contributed by atoms with Crippen LogP contribution >= 0.6 is 24.8 Å². The minimum absolute atomic E-state index is 0. The van der Waals surface area contributed by atoms with Gasteiger partial charge in [-0.15, -0.1) is 24.8 Å². The molecule has 1 aliphatic carbocycles. The van der Waals surface area contributed by atoms with Gasteiger partial charge in [-0.1, -0.05) is 0 Å². The molecule has 0 atom stereocenters. The van der Waals surface area contributed by atoms with Crippen molar-refractivity contribution >= 4 is 32.9 Å². The fourth-order valence-corrected chi connectivity index (χ4v) is 12.1. The molecule has 0 aliphatic heterocycles. The first kappa shape index (κ1) is 26.3. The maximum absolute atomic E-state index is 7.00. The van der Waals surface area contributed by atoms with Crippen molar-refractivity contribution in [2.24, 2.45) is 5.41 Å². The monoisotopic (exact) mass is 485 g/mol. The summed E-state index contributed by atoms with van der Waals surface area (Å²) in [7, 11) is 1.09. The normalized spacial score (nSPS) is 15.3. The van der Waals surface area contributed by atoms with E-state index in [1.165, 1.54) is 22.3 Å². The predicted molar refractivity (Wildman–Crippen MR) is 134 cm³/mol. The van der Waals surface area contributed by atoms with Crippen LogP contribution in [0.3, 0.4) is 0 Å². The van der Waals surface area contributed by atoms with E-state index in [0.717, 1.165) is 20.3 Å². The molecule has 5 heteroatoms. The van der Waals surface area contributed by atoms with Crippen molar-refractivity contribution in [3.8, 4) is 16.9 Å². The van der Waals surface area contributed by atoms with Crippen LogP contribution in [0.25, 0.3) is 11.1 Å². The second-order valence-corrected chi connectivity index (χ2v) is 32.7. The fraction of sp³-hybridized carbons (Fsp3) is 0.333. The third-order valence-corrected chi connectivity index (χ3v) is 14.2. The number of aryl methyl sites for hydroxylation is 1. The summed E-state index contributed by atoms with van der Waals surface area (Å²) in [6.45, 7) is 9.13. The summed E-state index contributed by atoms with van der Waals surface area (Å²) in [5, 5.41) is 4.92. The van der Waals surface area contributed by atoms with Crippen LogP contribution in [0.1, 0.15) is 32.8 Å². The van der Waals surface area contributed by atoms with E-state index in [2.05, 4.69) is 98.8 Å². The van der Waals surface area contributed by atoms with E-state index in [9.17, 15) is 0 Å². The number of hydrogen-bond donors (Lipinski definition) is 0. The summed E-state index contributed by atoms with van der Waals surface area (Å²) in [6, 6.07) is 17.3. The van der Waals surface area contributed by atoms with Crippen LogP contribution < -0.4 is 3.32 Å². The van der Waals surface area contributed by atoms with Crippen LogP contribution in [0.15, 0.2) is 70.1 Å². The molecular formula is C24H35Cl2OSiTi. The van der Waals surface area contributed by atoms with Crippen LogP contribution in [0, 0.1) is 12.3 Å². The van der Waals surface area contributed by atoms with Crippen LogP contribution in [-0.2, 0) is 14.9 Å². The third-order valence-electron chi connectivity index (χ3n) is 5.40. The number of hydrogen-bond acceptors (Lipinski definition) is 1. The Bertz CT molecular complexity index is 919. The van der Waals surface area contributed by atoms with Crippen molar-refractivity contribution in [1.82, 2.24) is 0 Å². The smallest absolute Gasteiger partial charge is 0.147 e. The van der Waals surface area contributed by atoms with Gasteiger partial charge in [0.25, 0.3) is 0 Å². The minimum Gasteiger partial charge on any atom is -0.147 e. The third kappa shape index (κ3) is 6.12. The first-order valence-corrected chi connectivity index (χ1v) is 20.2. The zero-order chi connectivity index (χ0) is 19.9. The van der Waals surface area contributed by atoms with Crippen LogP contribution in [0.5, 0.6) is 5.75 Å². The van der Waals surface area contributed by atoms with Gasteiger partial charge >= 0.3 is 169 Å². The Morgan fingerprint density at radius 1 is 0.931 bits per heavy atom. The Hall–Kier alpha value is -0.769. The van der Waals surface area contributed by atoms with E-state index in [4.69, 9.17) is 3.32 Å². The van der Waals surface area contributed by atoms with Crippen molar-refractivity contribution in [2.45, 2.75) is 44.6 Å². The molecule has 159 valence electrons. The Kier molecular flexibility index (Phi) is 8.30. The first-order valence-electron chi connectivity index (χ1n) is 9.93. The molecule has 1 nitrogen and oxygen atoms in total. The van der Waals surface area contributed by atoms with Gasteiger partial charge < -0.3 is 0 Å². The number of allylic oxidation sites excluding steroid dienone is 4. The van der Waals surface area contributed by atoms with Crippen molar-refractivity contribution in [1.29, 1.82) is 0 Å². The number of benzene rings is 2. The van der Waals surface area contributed by atoms with Crippen LogP contribution in [-0.4, -0.2) is 8.11 Å². The Balaban J connectivity index is 0.00000210. The maximum atomic E-state index is 7.00. The molecular weight excluding hydrogens is 451 g/mol. The summed E-state index contributed by atoms with van der Waals surface area (Å²) in [4.78, 5) is 0. The van der Waals surface area contributed by atoms with Crippen LogP contribution in [0.4, 0.5) is 0 Å². The van der Waals surface area contributed by atoms with Gasteiger partial charge in [-0.3, -0.25) is 0 Å². The minimum atomic E-state index is -3.16. The zero-order valence-corrected chi connectivity index (χ0v) is 23.9. The molecule has 0 unspecified atom stereocenters. The molecule has 0 spiro atoms. The largest absolute Gasteiger partial charge is 0.147 e. The second-order valence-electron chi connectivity index (χ2n) is 10.2. The molecule has 0 saturated heterocycles. The summed E-state index contributed by atoms with van der Waals surface area (Å²) >= 11 is -3.16. The van der Waals surface area contributed by atoms with Crippen LogP contribution in [0.2, 0.25) is 10.5 Å². The predicted octanol–water partition coefficient (Wildman–Crippen LogP) is 7.13. The Morgan fingerprint density at radius 2 is 1.55 bits per heavy atom. The number of halogens is 2. The van der Waals surface area contributed by atoms with E-state index in [1.54, 1.807) is 3.88 Å². The molecule has 1 aliphatic rings. The van der Waals surface area contributed by atoms with E-state index >= 15 is 0 Å². The molecule has 2 aromatic carbocycles. The van der Waals surface area contributed by atoms with Crippen molar-refractivity contribution in [3.63, 3.8) is 0 Å². The van der Waals surface area contributed by atoms with E-state index in [-0.39, 0.29) is 30.2 Å². The molecule has 0 heterocycles. The van der Waals surface area contributed by atoms with Crippen molar-refractivity contribution in [3.05, 3.63) is 75.7 Å². The van der Waals surface area contributed by atoms with Gasteiger partial charge in [0.05, 0.1) is 0 Å². The summed E-state index contributed by atoms with van der Waals surface area (Å²) in [5.74, 6) is 1.04. The molecule has 0 fully saturated rings. The standard InChI is InChI=1S/C13H12O.C9H13.2CH3.2ClH.H3Si.Ti/c1-10-7-12(9-13(14)8-10)11-5-3-2-4-6-11;1-9(2,3)8-6-4-5-7-8;;;;;;/h2-9,14H,1H3;4,6H,5H2,1-3H3;2*1H3;2*1H;1H3;/q;;;;;;;+1/p-1. The molecule has 0 N–H and O–H groups in total. The van der Waals surface area contributed by atoms with Crippen molar-refractivity contribution < 1.29 is 18.3 Å². The van der Waals surface area contributed by atoms with Gasteiger partial charge in [-0.2, -0.15) is 0 Å². The van der Waals surface area contributed by atoms with Gasteiger partial charge in [-0.05, 0) is 0 Å². The average Bonchev–Trinajstić information content (AvgIpc) is 3.05. The first-order chi connectivity index (χ1) is 12.4. The fourth-order valence-electron chi connectivity index (χ4n) is 4.09. The van der Waals surface area contributed by atoms with Gasteiger partial charge in [0.2, 0.25) is 0 Å². The van der Waals surface area contributed by atoms with Gasteiger partial charge in [0.15, 0.2) is 0 Å². The molecule has 29 heavy (non-hydrogen) atoms. The van der Waals surface area contributed by atoms with Gasteiger partial charge in [0, 0.05) is 0 Å².